The van der Waals surface area contributed by atoms with E-state index in [1.165, 1.54) is 27.8 Å². The molecule has 0 radical (unpaired) electrons. The Morgan fingerprint density at radius 1 is 1.11 bits per heavy atom. The van der Waals surface area contributed by atoms with Crippen molar-refractivity contribution in [2.75, 3.05) is 6.26 Å². The smallest absolute Gasteiger partial charge is 0.208 e. The maximum absolute atomic E-state index is 4.47. The molecule has 5 heteroatoms. The minimum Gasteiger partial charge on any atom is -0.208 e. The number of thioether (sulfide) groups is 1. The van der Waals surface area contributed by atoms with Crippen LogP contribution in [0, 0.1) is 6.92 Å². The van der Waals surface area contributed by atoms with Gasteiger partial charge in [0.15, 0.2) is 0 Å². The van der Waals surface area contributed by atoms with Gasteiger partial charge in [0, 0.05) is 4.88 Å². The van der Waals surface area contributed by atoms with Crippen LogP contribution in [0.1, 0.15) is 5.56 Å². The molecule has 0 aliphatic carbocycles. The molecule has 0 N–H and O–H groups in total. The van der Waals surface area contributed by atoms with E-state index in [-0.39, 0.29) is 0 Å². The van der Waals surface area contributed by atoms with E-state index in [9.17, 15) is 0 Å². The van der Waals surface area contributed by atoms with Crippen molar-refractivity contribution in [2.45, 2.75) is 12.1 Å². The number of thiophene rings is 1. The highest BCUT2D eigenvalue weighted by Gasteiger charge is 2.08. The van der Waals surface area contributed by atoms with Gasteiger partial charge >= 0.3 is 0 Å². The summed E-state index contributed by atoms with van der Waals surface area (Å²) in [5.74, 6) is 0. The Hall–Kier alpha value is -1.46. The topological polar surface area (TPSA) is 38.7 Å². The molecule has 3 aromatic rings. The highest BCUT2D eigenvalue weighted by Crippen LogP contribution is 2.31. The van der Waals surface area contributed by atoms with Crippen LogP contribution in [0.15, 0.2) is 35.5 Å². The lowest BCUT2D eigenvalue weighted by molar-refractivity contribution is 0.887. The number of benzene rings is 1. The van der Waals surface area contributed by atoms with Crippen LogP contribution in [0.25, 0.3) is 20.8 Å². The fourth-order valence-electron chi connectivity index (χ4n) is 1.68. The van der Waals surface area contributed by atoms with Crippen molar-refractivity contribution in [1.82, 2.24) is 15.2 Å². The number of aryl methyl sites for hydroxylation is 1. The zero-order chi connectivity index (χ0) is 12.5. The molecule has 1 aromatic carbocycles. The molecule has 0 spiro atoms. The highest BCUT2D eigenvalue weighted by atomic mass is 32.2. The van der Waals surface area contributed by atoms with Gasteiger partial charge in [0.05, 0.1) is 0 Å². The molecule has 0 amide bonds. The first kappa shape index (κ1) is 11.6. The summed E-state index contributed by atoms with van der Waals surface area (Å²) in [7, 11) is 0. The largest absolute Gasteiger partial charge is 0.210 e. The van der Waals surface area contributed by atoms with Gasteiger partial charge in [-0.15, -0.1) is 21.5 Å². The molecular formula is C13H11N3S2. The SMILES string of the molecule is CSc1nnc2cc(-c3ccc(C)cc3)sc2n1. The molecule has 0 fully saturated rings. The highest BCUT2D eigenvalue weighted by molar-refractivity contribution is 7.98. The molecule has 0 bridgehead atoms. The molecule has 18 heavy (non-hydrogen) atoms. The molecule has 0 saturated heterocycles. The number of aromatic nitrogens is 3. The minimum absolute atomic E-state index is 0.722. The average Bonchev–Trinajstić information content (AvgIpc) is 2.82. The summed E-state index contributed by atoms with van der Waals surface area (Å²) < 4.78 is 0. The number of rotatable bonds is 2. The maximum atomic E-state index is 4.47. The summed E-state index contributed by atoms with van der Waals surface area (Å²) in [6.07, 6.45) is 1.96. The molecule has 0 atom stereocenters. The van der Waals surface area contributed by atoms with E-state index in [0.717, 1.165) is 15.5 Å². The average molecular weight is 273 g/mol. The van der Waals surface area contributed by atoms with Gasteiger partial charge < -0.3 is 0 Å². The van der Waals surface area contributed by atoms with E-state index in [0.29, 0.717) is 0 Å². The van der Waals surface area contributed by atoms with Crippen LogP contribution in [-0.2, 0) is 0 Å². The summed E-state index contributed by atoms with van der Waals surface area (Å²) in [4.78, 5) is 6.60. The summed E-state index contributed by atoms with van der Waals surface area (Å²) in [6, 6.07) is 10.5. The molecule has 3 nitrogen and oxygen atoms in total. The Kier molecular flexibility index (Phi) is 3.01. The van der Waals surface area contributed by atoms with Gasteiger partial charge in [-0.25, -0.2) is 4.98 Å². The van der Waals surface area contributed by atoms with Crippen LogP contribution in [0.4, 0.5) is 0 Å². The van der Waals surface area contributed by atoms with Gasteiger partial charge in [-0.1, -0.05) is 41.6 Å². The van der Waals surface area contributed by atoms with Crippen molar-refractivity contribution in [1.29, 1.82) is 0 Å². The van der Waals surface area contributed by atoms with Crippen LogP contribution in [-0.4, -0.2) is 21.4 Å². The Balaban J connectivity index is 2.10. The van der Waals surface area contributed by atoms with E-state index in [1.54, 1.807) is 11.3 Å². The van der Waals surface area contributed by atoms with Crippen molar-refractivity contribution in [3.63, 3.8) is 0 Å². The minimum atomic E-state index is 0.722. The molecule has 90 valence electrons. The lowest BCUT2D eigenvalue weighted by Crippen LogP contribution is -1.87. The van der Waals surface area contributed by atoms with Gasteiger partial charge in [-0.05, 0) is 24.8 Å². The van der Waals surface area contributed by atoms with Crippen molar-refractivity contribution in [3.8, 4) is 10.4 Å². The van der Waals surface area contributed by atoms with Crippen molar-refractivity contribution in [2.24, 2.45) is 0 Å². The van der Waals surface area contributed by atoms with Gasteiger partial charge in [0.1, 0.15) is 10.3 Å². The van der Waals surface area contributed by atoms with E-state index < -0.39 is 0 Å². The summed E-state index contributed by atoms with van der Waals surface area (Å²) in [5, 5.41) is 8.97. The maximum Gasteiger partial charge on any atom is 0.210 e. The standard InChI is InChI=1S/C13H11N3S2/c1-8-3-5-9(6-4-8)11-7-10-12(18-11)14-13(17-2)16-15-10/h3-7H,1-2H3. The second kappa shape index (κ2) is 4.66. The van der Waals surface area contributed by atoms with Gasteiger partial charge in [0.2, 0.25) is 5.16 Å². The van der Waals surface area contributed by atoms with Crippen LogP contribution >= 0.6 is 23.1 Å². The zero-order valence-electron chi connectivity index (χ0n) is 10.0. The number of hydrogen-bond acceptors (Lipinski definition) is 5. The van der Waals surface area contributed by atoms with Crippen molar-refractivity contribution in [3.05, 3.63) is 35.9 Å². The fourth-order valence-corrected chi connectivity index (χ4v) is 3.01. The summed E-state index contributed by atoms with van der Waals surface area (Å²) in [5.41, 5.74) is 3.34. The van der Waals surface area contributed by atoms with Crippen LogP contribution in [0.2, 0.25) is 0 Å². The second-order valence-corrected chi connectivity index (χ2v) is 5.77. The predicted octanol–water partition coefficient (Wildman–Crippen LogP) is 3.78. The van der Waals surface area contributed by atoms with Crippen LogP contribution in [0.3, 0.4) is 0 Å². The zero-order valence-corrected chi connectivity index (χ0v) is 11.7. The predicted molar refractivity (Wildman–Crippen MR) is 77.2 cm³/mol. The Morgan fingerprint density at radius 2 is 1.89 bits per heavy atom. The number of nitrogens with zero attached hydrogens (tertiary/aromatic N) is 3. The van der Waals surface area contributed by atoms with Crippen LogP contribution < -0.4 is 0 Å². The van der Waals surface area contributed by atoms with Gasteiger partial charge in [-0.3, -0.25) is 0 Å². The van der Waals surface area contributed by atoms with E-state index in [4.69, 9.17) is 0 Å². The molecule has 0 aliphatic heterocycles. The van der Waals surface area contributed by atoms with Crippen molar-refractivity contribution >= 4 is 33.4 Å². The number of fused-ring (bicyclic) bond motifs is 1. The van der Waals surface area contributed by atoms with Crippen molar-refractivity contribution < 1.29 is 0 Å². The van der Waals surface area contributed by atoms with Gasteiger partial charge in [0.25, 0.3) is 0 Å². The van der Waals surface area contributed by atoms with Crippen LogP contribution in [0.5, 0.6) is 0 Å². The second-order valence-electron chi connectivity index (χ2n) is 3.97. The third-order valence-electron chi connectivity index (χ3n) is 2.65. The quantitative estimate of drug-likeness (QED) is 0.666. The monoisotopic (exact) mass is 273 g/mol. The lowest BCUT2D eigenvalue weighted by atomic mass is 10.1. The molecule has 0 aliphatic rings. The molecular weight excluding hydrogens is 262 g/mol. The lowest BCUT2D eigenvalue weighted by Gasteiger charge is -1.96. The van der Waals surface area contributed by atoms with E-state index in [1.807, 2.05) is 6.26 Å². The first-order chi connectivity index (χ1) is 8.76. The summed E-state index contributed by atoms with van der Waals surface area (Å²) in [6.45, 7) is 2.09. The Labute approximate surface area is 113 Å². The Bertz CT molecular complexity index is 689. The first-order valence-corrected chi connectivity index (χ1v) is 7.56. The molecule has 2 heterocycles. The third-order valence-corrected chi connectivity index (χ3v) is 4.26. The molecule has 0 saturated carbocycles. The molecule has 0 unspecified atom stereocenters. The normalized spacial score (nSPS) is 11.0. The first-order valence-electron chi connectivity index (χ1n) is 5.51. The molecule has 2 aromatic heterocycles. The van der Waals surface area contributed by atoms with E-state index in [2.05, 4.69) is 52.4 Å². The fraction of sp³-hybridized carbons (Fsp3) is 0.154. The molecule has 3 rings (SSSR count). The Morgan fingerprint density at radius 3 is 2.61 bits per heavy atom. The summed E-state index contributed by atoms with van der Waals surface area (Å²) >= 11 is 3.17. The van der Waals surface area contributed by atoms with Gasteiger partial charge in [-0.2, -0.15) is 0 Å². The third kappa shape index (κ3) is 2.11. The van der Waals surface area contributed by atoms with E-state index >= 15 is 0 Å². The number of hydrogen-bond donors (Lipinski definition) is 0.